The maximum atomic E-state index is 12.3. The molecule has 1 atom stereocenters. The molecule has 1 saturated heterocycles. The molecule has 6 nitrogen and oxygen atoms in total. The zero-order chi connectivity index (χ0) is 16.2. The van der Waals surface area contributed by atoms with Crippen LogP contribution in [-0.4, -0.2) is 40.1 Å². The van der Waals surface area contributed by atoms with E-state index in [2.05, 4.69) is 10.0 Å². The number of carbonyl (C=O) groups excluding carboxylic acids is 1. The van der Waals surface area contributed by atoms with Crippen molar-refractivity contribution in [3.63, 3.8) is 0 Å². The summed E-state index contributed by atoms with van der Waals surface area (Å²) < 4.78 is 31.9. The topological polar surface area (TPSA) is 84.5 Å². The number of ether oxygens (including phenoxy) is 1. The van der Waals surface area contributed by atoms with Gasteiger partial charge in [0.25, 0.3) is 5.91 Å². The van der Waals surface area contributed by atoms with E-state index in [1.807, 2.05) is 0 Å². The molecule has 0 aromatic heterocycles. The summed E-state index contributed by atoms with van der Waals surface area (Å²) >= 11 is 0. The van der Waals surface area contributed by atoms with Gasteiger partial charge in [-0.05, 0) is 37.5 Å². The summed E-state index contributed by atoms with van der Waals surface area (Å²) in [5.74, 6) is -0.276. The second-order valence-corrected chi connectivity index (χ2v) is 7.09. The van der Waals surface area contributed by atoms with Crippen LogP contribution in [0.4, 0.5) is 0 Å². The van der Waals surface area contributed by atoms with E-state index in [0.717, 1.165) is 25.0 Å². The average molecular weight is 326 g/mol. The molecule has 1 aliphatic rings. The van der Waals surface area contributed by atoms with E-state index < -0.39 is 10.0 Å². The highest BCUT2D eigenvalue weighted by atomic mass is 32.2. The fourth-order valence-corrected chi connectivity index (χ4v) is 3.46. The predicted octanol–water partition coefficient (Wildman–Crippen LogP) is 1.20. The number of rotatable bonds is 6. The molecular weight excluding hydrogens is 304 g/mol. The number of amides is 1. The molecule has 0 radical (unpaired) electrons. The van der Waals surface area contributed by atoms with Crippen molar-refractivity contribution < 1.29 is 17.9 Å². The van der Waals surface area contributed by atoms with Gasteiger partial charge in [0.1, 0.15) is 0 Å². The minimum Gasteiger partial charge on any atom is -0.376 e. The van der Waals surface area contributed by atoms with E-state index in [-0.39, 0.29) is 16.9 Å². The number of sulfonamides is 1. The van der Waals surface area contributed by atoms with Crippen LogP contribution < -0.4 is 10.0 Å². The van der Waals surface area contributed by atoms with E-state index in [1.54, 1.807) is 19.9 Å². The van der Waals surface area contributed by atoms with Gasteiger partial charge < -0.3 is 10.1 Å². The predicted molar refractivity (Wildman–Crippen MR) is 83.3 cm³/mol. The fourth-order valence-electron chi connectivity index (χ4n) is 2.39. The summed E-state index contributed by atoms with van der Waals surface area (Å²) in [6.45, 7) is 4.97. The molecule has 0 bridgehead atoms. The zero-order valence-corrected chi connectivity index (χ0v) is 13.7. The van der Waals surface area contributed by atoms with Gasteiger partial charge in [-0.1, -0.05) is 13.0 Å². The Hall–Kier alpha value is -1.44. The van der Waals surface area contributed by atoms with Gasteiger partial charge in [-0.3, -0.25) is 4.79 Å². The van der Waals surface area contributed by atoms with Crippen LogP contribution in [0, 0.1) is 6.92 Å². The second-order valence-electron chi connectivity index (χ2n) is 5.32. The fraction of sp³-hybridized carbons (Fsp3) is 0.533. The van der Waals surface area contributed by atoms with Gasteiger partial charge in [-0.2, -0.15) is 0 Å². The van der Waals surface area contributed by atoms with E-state index >= 15 is 0 Å². The lowest BCUT2D eigenvalue weighted by molar-refractivity contribution is 0.0857. The van der Waals surface area contributed by atoms with E-state index in [0.29, 0.717) is 18.7 Å². The Labute approximate surface area is 131 Å². The van der Waals surface area contributed by atoms with Crippen molar-refractivity contribution in [1.29, 1.82) is 0 Å². The van der Waals surface area contributed by atoms with Crippen molar-refractivity contribution in [3.8, 4) is 0 Å². The molecule has 1 heterocycles. The van der Waals surface area contributed by atoms with Crippen LogP contribution in [0.1, 0.15) is 35.7 Å². The van der Waals surface area contributed by atoms with Crippen molar-refractivity contribution in [1.82, 2.24) is 10.0 Å². The Morgan fingerprint density at radius 1 is 1.41 bits per heavy atom. The van der Waals surface area contributed by atoms with Crippen LogP contribution in [-0.2, 0) is 14.8 Å². The molecule has 122 valence electrons. The van der Waals surface area contributed by atoms with Crippen LogP contribution in [0.5, 0.6) is 0 Å². The van der Waals surface area contributed by atoms with Crippen molar-refractivity contribution in [2.24, 2.45) is 0 Å². The summed E-state index contributed by atoms with van der Waals surface area (Å²) in [6, 6.07) is 4.56. The van der Waals surface area contributed by atoms with Crippen molar-refractivity contribution in [2.75, 3.05) is 19.7 Å². The summed E-state index contributed by atoms with van der Waals surface area (Å²) in [7, 11) is -3.57. The second kappa shape index (κ2) is 7.21. The Bertz CT molecular complexity index is 637. The summed E-state index contributed by atoms with van der Waals surface area (Å²) in [5.41, 5.74) is 1.11. The molecule has 2 rings (SSSR count). The number of benzene rings is 1. The first-order chi connectivity index (χ1) is 10.4. The molecule has 0 spiro atoms. The summed E-state index contributed by atoms with van der Waals surface area (Å²) in [4.78, 5) is 12.4. The third-order valence-corrected chi connectivity index (χ3v) is 5.16. The minimum absolute atomic E-state index is 0.0536. The summed E-state index contributed by atoms with van der Waals surface area (Å²) in [6.07, 6.45) is 2.00. The molecular formula is C15H22N2O4S. The van der Waals surface area contributed by atoms with Gasteiger partial charge in [0.2, 0.25) is 10.0 Å². The molecule has 2 N–H and O–H groups in total. The number of carbonyl (C=O) groups is 1. The van der Waals surface area contributed by atoms with Gasteiger partial charge >= 0.3 is 0 Å². The molecule has 1 aromatic rings. The van der Waals surface area contributed by atoms with Gasteiger partial charge in [0.15, 0.2) is 0 Å². The molecule has 1 amide bonds. The Kier molecular flexibility index (Phi) is 5.55. The lowest BCUT2D eigenvalue weighted by atomic mass is 10.1. The molecule has 0 aliphatic carbocycles. The lowest BCUT2D eigenvalue weighted by Crippen LogP contribution is -2.32. The first-order valence-electron chi connectivity index (χ1n) is 7.44. The van der Waals surface area contributed by atoms with Crippen molar-refractivity contribution >= 4 is 15.9 Å². The van der Waals surface area contributed by atoms with Gasteiger partial charge in [0.05, 0.1) is 11.0 Å². The van der Waals surface area contributed by atoms with Gasteiger partial charge in [-0.15, -0.1) is 0 Å². The smallest absolute Gasteiger partial charge is 0.251 e. The number of aryl methyl sites for hydroxylation is 1. The molecule has 7 heteroatoms. The summed E-state index contributed by atoms with van der Waals surface area (Å²) in [5, 5.41) is 2.81. The quantitative estimate of drug-likeness (QED) is 0.823. The lowest BCUT2D eigenvalue weighted by Gasteiger charge is -2.13. The van der Waals surface area contributed by atoms with Crippen LogP contribution in [0.15, 0.2) is 23.1 Å². The average Bonchev–Trinajstić information content (AvgIpc) is 2.98. The number of hydrogen-bond donors (Lipinski definition) is 2. The third kappa shape index (κ3) is 4.06. The highest BCUT2D eigenvalue weighted by Crippen LogP contribution is 2.16. The SMILES string of the molecule is CCNS(=O)(=O)c1ccc(C)c(C(=O)NCC2CCCO2)c1. The molecule has 1 aliphatic heterocycles. The third-order valence-electron chi connectivity index (χ3n) is 3.61. The molecule has 0 saturated carbocycles. The Morgan fingerprint density at radius 3 is 2.82 bits per heavy atom. The molecule has 22 heavy (non-hydrogen) atoms. The van der Waals surface area contributed by atoms with Crippen LogP contribution in [0.25, 0.3) is 0 Å². The largest absolute Gasteiger partial charge is 0.376 e. The Balaban J connectivity index is 2.13. The van der Waals surface area contributed by atoms with Crippen LogP contribution >= 0.6 is 0 Å². The van der Waals surface area contributed by atoms with E-state index in [1.165, 1.54) is 12.1 Å². The van der Waals surface area contributed by atoms with E-state index in [4.69, 9.17) is 4.74 Å². The monoisotopic (exact) mass is 326 g/mol. The first-order valence-corrected chi connectivity index (χ1v) is 8.92. The minimum atomic E-state index is -3.57. The van der Waals surface area contributed by atoms with Crippen molar-refractivity contribution in [2.45, 2.75) is 37.7 Å². The molecule has 1 aromatic carbocycles. The van der Waals surface area contributed by atoms with E-state index in [9.17, 15) is 13.2 Å². The number of nitrogens with one attached hydrogen (secondary N) is 2. The maximum Gasteiger partial charge on any atom is 0.251 e. The highest BCUT2D eigenvalue weighted by molar-refractivity contribution is 7.89. The number of hydrogen-bond acceptors (Lipinski definition) is 4. The first kappa shape index (κ1) is 16.9. The molecule has 1 fully saturated rings. The maximum absolute atomic E-state index is 12.3. The standard InChI is InChI=1S/C15H22N2O4S/c1-3-17-22(19,20)13-7-6-11(2)14(9-13)15(18)16-10-12-5-4-8-21-12/h6-7,9,12,17H,3-5,8,10H2,1-2H3,(H,16,18). The zero-order valence-electron chi connectivity index (χ0n) is 12.9. The molecule has 1 unspecified atom stereocenters. The van der Waals surface area contributed by atoms with Crippen molar-refractivity contribution in [3.05, 3.63) is 29.3 Å². The van der Waals surface area contributed by atoms with Gasteiger partial charge in [-0.25, -0.2) is 13.1 Å². The van der Waals surface area contributed by atoms with Gasteiger partial charge in [0, 0.05) is 25.3 Å². The van der Waals surface area contributed by atoms with Crippen LogP contribution in [0.2, 0.25) is 0 Å². The normalized spacial score (nSPS) is 18.4. The van der Waals surface area contributed by atoms with Crippen LogP contribution in [0.3, 0.4) is 0 Å². The Morgan fingerprint density at radius 2 is 2.18 bits per heavy atom. The highest BCUT2D eigenvalue weighted by Gasteiger charge is 2.19.